The van der Waals surface area contributed by atoms with Crippen LogP contribution in [-0.4, -0.2) is 7.05 Å². The van der Waals surface area contributed by atoms with Crippen molar-refractivity contribution < 1.29 is 0 Å². The lowest BCUT2D eigenvalue weighted by atomic mass is 10.00. The highest BCUT2D eigenvalue weighted by Gasteiger charge is 2.13. The van der Waals surface area contributed by atoms with Crippen molar-refractivity contribution >= 4 is 21.4 Å². The third-order valence-electron chi connectivity index (χ3n) is 2.79. The molecule has 16 heavy (non-hydrogen) atoms. The van der Waals surface area contributed by atoms with Crippen molar-refractivity contribution in [2.75, 3.05) is 7.05 Å². The normalized spacial score (nSPS) is 12.9. The number of benzene rings is 1. The van der Waals surface area contributed by atoms with Crippen molar-refractivity contribution in [3.63, 3.8) is 0 Å². The molecule has 1 unspecified atom stereocenters. The Hall–Kier alpha value is -1.12. The number of hydrogen-bond acceptors (Lipinski definition) is 2. The van der Waals surface area contributed by atoms with Gasteiger partial charge in [-0.3, -0.25) is 0 Å². The van der Waals surface area contributed by atoms with E-state index >= 15 is 0 Å². The molecule has 0 saturated carbocycles. The fourth-order valence-corrected chi connectivity index (χ4v) is 3.00. The molecule has 2 rings (SSSR count). The molecule has 0 saturated heterocycles. The summed E-state index contributed by atoms with van der Waals surface area (Å²) < 4.78 is 1.36. The second-order valence-corrected chi connectivity index (χ2v) is 5.10. The van der Waals surface area contributed by atoms with Crippen LogP contribution >= 0.6 is 11.3 Å². The minimum Gasteiger partial charge on any atom is -0.313 e. The first-order chi connectivity index (χ1) is 7.72. The zero-order chi connectivity index (χ0) is 11.5. The van der Waals surface area contributed by atoms with Gasteiger partial charge in [-0.05, 0) is 42.8 Å². The average Bonchev–Trinajstić information content (AvgIpc) is 2.69. The highest BCUT2D eigenvalue weighted by molar-refractivity contribution is 7.17. The Labute approximate surface area is 101 Å². The van der Waals surface area contributed by atoms with Crippen LogP contribution < -0.4 is 5.32 Å². The molecule has 1 aromatic heterocycles. The third kappa shape index (κ3) is 2.18. The van der Waals surface area contributed by atoms with Gasteiger partial charge >= 0.3 is 0 Å². The van der Waals surface area contributed by atoms with Crippen molar-refractivity contribution in [2.24, 2.45) is 0 Å². The van der Waals surface area contributed by atoms with Crippen molar-refractivity contribution in [3.05, 3.63) is 47.4 Å². The van der Waals surface area contributed by atoms with Crippen LogP contribution in [0.1, 0.15) is 24.9 Å². The van der Waals surface area contributed by atoms with E-state index in [0.717, 1.165) is 6.42 Å². The zero-order valence-corrected chi connectivity index (χ0v) is 10.6. The Morgan fingerprint density at radius 2 is 2.19 bits per heavy atom. The van der Waals surface area contributed by atoms with Gasteiger partial charge < -0.3 is 5.32 Å². The molecule has 2 aromatic rings. The lowest BCUT2D eigenvalue weighted by molar-refractivity contribution is 0.595. The van der Waals surface area contributed by atoms with Gasteiger partial charge in [0.15, 0.2) is 0 Å². The standard InChI is InChI=1S/C14H17NS/c1-10(2)8-13(15-3)12-9-16-14-7-5-4-6-11(12)14/h4-7,9,13,15H,1,8H2,2-3H3. The first kappa shape index (κ1) is 11.4. The average molecular weight is 231 g/mol. The van der Waals surface area contributed by atoms with Gasteiger partial charge in [-0.1, -0.05) is 23.8 Å². The molecule has 0 aliphatic carbocycles. The van der Waals surface area contributed by atoms with E-state index in [0.29, 0.717) is 6.04 Å². The molecule has 84 valence electrons. The predicted molar refractivity (Wildman–Crippen MR) is 73.1 cm³/mol. The molecule has 1 atom stereocenters. The molecule has 0 bridgehead atoms. The molecule has 0 aliphatic heterocycles. The van der Waals surface area contributed by atoms with Crippen molar-refractivity contribution in [1.29, 1.82) is 0 Å². The van der Waals surface area contributed by atoms with Gasteiger partial charge in [-0.25, -0.2) is 0 Å². The second-order valence-electron chi connectivity index (χ2n) is 4.19. The summed E-state index contributed by atoms with van der Waals surface area (Å²) in [4.78, 5) is 0. The van der Waals surface area contributed by atoms with Gasteiger partial charge in [0.05, 0.1) is 0 Å². The topological polar surface area (TPSA) is 12.0 Å². The van der Waals surface area contributed by atoms with Crippen LogP contribution in [0.5, 0.6) is 0 Å². The van der Waals surface area contributed by atoms with E-state index in [-0.39, 0.29) is 0 Å². The minimum atomic E-state index is 0.383. The molecule has 0 amide bonds. The van der Waals surface area contributed by atoms with E-state index in [9.17, 15) is 0 Å². The van der Waals surface area contributed by atoms with Crippen LogP contribution in [0.4, 0.5) is 0 Å². The van der Waals surface area contributed by atoms with Crippen LogP contribution in [0.3, 0.4) is 0 Å². The van der Waals surface area contributed by atoms with Crippen molar-refractivity contribution in [3.8, 4) is 0 Å². The zero-order valence-electron chi connectivity index (χ0n) is 9.79. The van der Waals surface area contributed by atoms with Gasteiger partial charge in [0, 0.05) is 10.7 Å². The Kier molecular flexibility index (Phi) is 3.42. The molecule has 0 spiro atoms. The van der Waals surface area contributed by atoms with E-state index in [1.807, 2.05) is 18.4 Å². The summed E-state index contributed by atoms with van der Waals surface area (Å²) in [5, 5.41) is 7.00. The van der Waals surface area contributed by atoms with E-state index in [1.165, 1.54) is 21.2 Å². The van der Waals surface area contributed by atoms with Gasteiger partial charge in [-0.2, -0.15) is 0 Å². The van der Waals surface area contributed by atoms with Gasteiger partial charge in [0.25, 0.3) is 0 Å². The third-order valence-corrected chi connectivity index (χ3v) is 3.77. The predicted octanol–water partition coefficient (Wildman–Crippen LogP) is 4.13. The lowest BCUT2D eigenvalue weighted by Gasteiger charge is -2.15. The maximum atomic E-state index is 4.00. The smallest absolute Gasteiger partial charge is 0.0369 e. The minimum absolute atomic E-state index is 0.383. The molecular formula is C14H17NS. The molecule has 1 nitrogen and oxygen atoms in total. The molecule has 0 aliphatic rings. The molecule has 1 aromatic carbocycles. The Morgan fingerprint density at radius 3 is 2.88 bits per heavy atom. The Balaban J connectivity index is 2.41. The summed E-state index contributed by atoms with van der Waals surface area (Å²) >= 11 is 1.82. The molecule has 1 N–H and O–H groups in total. The highest BCUT2D eigenvalue weighted by Crippen LogP contribution is 2.32. The number of rotatable bonds is 4. The van der Waals surface area contributed by atoms with Crippen molar-refractivity contribution in [2.45, 2.75) is 19.4 Å². The lowest BCUT2D eigenvalue weighted by Crippen LogP contribution is -2.16. The first-order valence-electron chi connectivity index (χ1n) is 5.50. The van der Waals surface area contributed by atoms with Crippen LogP contribution in [0.2, 0.25) is 0 Å². The summed E-state index contributed by atoms with van der Waals surface area (Å²) in [6.45, 7) is 6.08. The molecule has 1 heterocycles. The summed E-state index contributed by atoms with van der Waals surface area (Å²) in [7, 11) is 2.01. The Morgan fingerprint density at radius 1 is 1.44 bits per heavy atom. The van der Waals surface area contributed by atoms with E-state index in [1.54, 1.807) is 0 Å². The summed E-state index contributed by atoms with van der Waals surface area (Å²) in [6, 6.07) is 8.96. The first-order valence-corrected chi connectivity index (χ1v) is 6.38. The summed E-state index contributed by atoms with van der Waals surface area (Å²) in [5.74, 6) is 0. The molecule has 0 fully saturated rings. The number of nitrogens with one attached hydrogen (secondary N) is 1. The number of thiophene rings is 1. The van der Waals surface area contributed by atoms with Crippen LogP contribution in [0.25, 0.3) is 10.1 Å². The van der Waals surface area contributed by atoms with Crippen LogP contribution in [-0.2, 0) is 0 Å². The second kappa shape index (κ2) is 4.81. The highest BCUT2D eigenvalue weighted by atomic mass is 32.1. The van der Waals surface area contributed by atoms with Crippen molar-refractivity contribution in [1.82, 2.24) is 5.32 Å². The quantitative estimate of drug-likeness (QED) is 0.780. The SMILES string of the molecule is C=C(C)CC(NC)c1csc2ccccc12. The maximum absolute atomic E-state index is 4.00. The Bertz CT molecular complexity index is 498. The fraction of sp³-hybridized carbons (Fsp3) is 0.286. The van der Waals surface area contributed by atoms with E-state index in [4.69, 9.17) is 0 Å². The monoisotopic (exact) mass is 231 g/mol. The fourth-order valence-electron chi connectivity index (χ4n) is 1.98. The number of hydrogen-bond donors (Lipinski definition) is 1. The van der Waals surface area contributed by atoms with E-state index in [2.05, 4.69) is 48.5 Å². The van der Waals surface area contributed by atoms with Gasteiger partial charge in [-0.15, -0.1) is 17.9 Å². The summed E-state index contributed by atoms with van der Waals surface area (Å²) in [5.41, 5.74) is 2.61. The maximum Gasteiger partial charge on any atom is 0.0369 e. The largest absolute Gasteiger partial charge is 0.313 e. The van der Waals surface area contributed by atoms with Crippen LogP contribution in [0, 0.1) is 0 Å². The molecular weight excluding hydrogens is 214 g/mol. The molecule has 0 radical (unpaired) electrons. The van der Waals surface area contributed by atoms with Crippen LogP contribution in [0.15, 0.2) is 41.8 Å². The van der Waals surface area contributed by atoms with Gasteiger partial charge in [0.2, 0.25) is 0 Å². The van der Waals surface area contributed by atoms with E-state index < -0.39 is 0 Å². The molecule has 2 heteroatoms. The number of fused-ring (bicyclic) bond motifs is 1. The van der Waals surface area contributed by atoms with Gasteiger partial charge in [0.1, 0.15) is 0 Å². The summed E-state index contributed by atoms with van der Waals surface area (Å²) in [6.07, 6.45) is 0.997.